The molecule has 7 heteroatoms. The molecule has 0 radical (unpaired) electrons. The van der Waals surface area contributed by atoms with Gasteiger partial charge in [-0.1, -0.05) is 53.6 Å². The molecule has 0 amide bonds. The minimum atomic E-state index is 0.364. The van der Waals surface area contributed by atoms with E-state index in [1.807, 2.05) is 60.2 Å². The van der Waals surface area contributed by atoms with Crippen molar-refractivity contribution in [2.24, 2.45) is 0 Å². The number of nitrogens with one attached hydrogen (secondary N) is 1. The summed E-state index contributed by atoms with van der Waals surface area (Å²) in [5.41, 5.74) is 6.07. The van der Waals surface area contributed by atoms with Crippen molar-refractivity contribution in [2.45, 2.75) is 13.5 Å². The van der Waals surface area contributed by atoms with Crippen molar-refractivity contribution in [3.8, 4) is 34.0 Å². The first-order valence-electron chi connectivity index (χ1n) is 10.6. The quantitative estimate of drug-likeness (QED) is 0.361. The molecule has 7 nitrogen and oxygen atoms in total. The summed E-state index contributed by atoms with van der Waals surface area (Å²) in [6, 6.07) is 24.8. The van der Waals surface area contributed by atoms with E-state index < -0.39 is 0 Å². The molecular formula is C26H23N5O2. The van der Waals surface area contributed by atoms with Crippen LogP contribution < -0.4 is 10.1 Å². The van der Waals surface area contributed by atoms with E-state index in [9.17, 15) is 0 Å². The Balaban J connectivity index is 1.31. The van der Waals surface area contributed by atoms with Crippen LogP contribution in [0.4, 0.5) is 6.01 Å². The second-order valence-electron chi connectivity index (χ2n) is 7.64. The minimum absolute atomic E-state index is 0.364. The molecule has 0 spiro atoms. The summed E-state index contributed by atoms with van der Waals surface area (Å²) in [7, 11) is 1.64. The lowest BCUT2D eigenvalue weighted by atomic mass is 10.0. The first kappa shape index (κ1) is 20.5. The first-order chi connectivity index (χ1) is 16.2. The Hall–Kier alpha value is -4.39. The molecule has 3 aromatic carbocycles. The van der Waals surface area contributed by atoms with Crippen LogP contribution in [0, 0.1) is 6.92 Å². The largest absolute Gasteiger partial charge is 0.495 e. The number of anilines is 1. The van der Waals surface area contributed by atoms with Gasteiger partial charge < -0.3 is 19.0 Å². The fourth-order valence-corrected chi connectivity index (χ4v) is 3.66. The lowest BCUT2D eigenvalue weighted by Crippen LogP contribution is -1.99. The van der Waals surface area contributed by atoms with Gasteiger partial charge in [-0.15, -0.1) is 5.10 Å². The number of imidazole rings is 1. The van der Waals surface area contributed by atoms with Gasteiger partial charge in [0.15, 0.2) is 0 Å². The maximum absolute atomic E-state index is 5.85. The summed E-state index contributed by atoms with van der Waals surface area (Å²) in [5, 5.41) is 11.6. The normalized spacial score (nSPS) is 10.8. The number of aromatic nitrogens is 4. The van der Waals surface area contributed by atoms with Gasteiger partial charge >= 0.3 is 6.01 Å². The molecule has 1 N–H and O–H groups in total. The van der Waals surface area contributed by atoms with Crippen molar-refractivity contribution >= 4 is 6.01 Å². The molecular weight excluding hydrogens is 414 g/mol. The van der Waals surface area contributed by atoms with Crippen LogP contribution in [0.15, 0.2) is 89.7 Å². The molecule has 33 heavy (non-hydrogen) atoms. The Morgan fingerprint density at radius 1 is 0.909 bits per heavy atom. The Bertz CT molecular complexity index is 1370. The van der Waals surface area contributed by atoms with Crippen LogP contribution in [0.1, 0.15) is 11.3 Å². The van der Waals surface area contributed by atoms with Crippen LogP contribution in [-0.4, -0.2) is 26.9 Å². The average molecular weight is 438 g/mol. The van der Waals surface area contributed by atoms with Gasteiger partial charge in [0.25, 0.3) is 0 Å². The minimum Gasteiger partial charge on any atom is -0.495 e. The van der Waals surface area contributed by atoms with Crippen LogP contribution in [0.3, 0.4) is 0 Å². The highest BCUT2D eigenvalue weighted by molar-refractivity contribution is 5.64. The van der Waals surface area contributed by atoms with Gasteiger partial charge in [-0.2, -0.15) is 0 Å². The fraction of sp³-hybridized carbons (Fsp3) is 0.115. The van der Waals surface area contributed by atoms with Gasteiger partial charge in [-0.25, -0.2) is 4.98 Å². The van der Waals surface area contributed by atoms with E-state index in [0.717, 1.165) is 22.5 Å². The third-order valence-electron chi connectivity index (χ3n) is 5.32. The lowest BCUT2D eigenvalue weighted by molar-refractivity contribution is 0.413. The monoisotopic (exact) mass is 437 g/mol. The SMILES string of the molecule is COc1cc(-c2nnc(NCc3cccc(-c4ccccc4)c3)o2)ccc1-n1cnc(C)c1. The molecule has 0 aliphatic rings. The summed E-state index contributed by atoms with van der Waals surface area (Å²) >= 11 is 0. The standard InChI is InChI=1S/C26H23N5O2/c1-18-16-31(17-28-18)23-12-11-22(14-24(23)32-2)25-29-30-26(33-25)27-15-19-7-6-10-21(13-19)20-8-4-3-5-9-20/h3-14,16-17H,15H2,1-2H3,(H,27,30). The van der Waals surface area contributed by atoms with E-state index in [0.29, 0.717) is 24.2 Å². The Morgan fingerprint density at radius 2 is 1.76 bits per heavy atom. The maximum Gasteiger partial charge on any atom is 0.316 e. The highest BCUT2D eigenvalue weighted by Gasteiger charge is 2.13. The Morgan fingerprint density at radius 3 is 2.55 bits per heavy atom. The van der Waals surface area contributed by atoms with Crippen LogP contribution >= 0.6 is 0 Å². The zero-order chi connectivity index (χ0) is 22.6. The highest BCUT2D eigenvalue weighted by Crippen LogP contribution is 2.30. The predicted octanol–water partition coefficient (Wildman–Crippen LogP) is 5.52. The highest BCUT2D eigenvalue weighted by atomic mass is 16.5. The van der Waals surface area contributed by atoms with Crippen molar-refractivity contribution < 1.29 is 9.15 Å². The molecule has 2 heterocycles. The number of nitrogens with zero attached hydrogens (tertiary/aromatic N) is 4. The Kier molecular flexibility index (Phi) is 5.59. The molecule has 0 unspecified atom stereocenters. The number of benzene rings is 3. The van der Waals surface area contributed by atoms with E-state index in [4.69, 9.17) is 9.15 Å². The van der Waals surface area contributed by atoms with Crippen LogP contribution in [0.2, 0.25) is 0 Å². The predicted molar refractivity (Wildman–Crippen MR) is 127 cm³/mol. The van der Waals surface area contributed by atoms with Crippen LogP contribution in [0.25, 0.3) is 28.3 Å². The third-order valence-corrected chi connectivity index (χ3v) is 5.32. The number of methoxy groups -OCH3 is 1. The summed E-state index contributed by atoms with van der Waals surface area (Å²) < 4.78 is 13.3. The zero-order valence-electron chi connectivity index (χ0n) is 18.4. The van der Waals surface area contributed by atoms with Crippen molar-refractivity contribution in [3.63, 3.8) is 0 Å². The third kappa shape index (κ3) is 4.48. The molecule has 0 aliphatic carbocycles. The summed E-state index contributed by atoms with van der Waals surface area (Å²) in [5.74, 6) is 1.11. The van der Waals surface area contributed by atoms with Crippen LogP contribution in [0.5, 0.6) is 5.75 Å². The van der Waals surface area contributed by atoms with E-state index >= 15 is 0 Å². The van der Waals surface area contributed by atoms with E-state index in [1.54, 1.807) is 13.4 Å². The number of rotatable bonds is 7. The summed E-state index contributed by atoms with van der Waals surface area (Å²) in [6.45, 7) is 2.52. The van der Waals surface area contributed by atoms with E-state index in [2.05, 4.69) is 50.8 Å². The smallest absolute Gasteiger partial charge is 0.316 e. The molecule has 0 fully saturated rings. The van der Waals surface area contributed by atoms with Crippen molar-refractivity contribution in [3.05, 3.63) is 96.6 Å². The second-order valence-corrected chi connectivity index (χ2v) is 7.64. The fourth-order valence-electron chi connectivity index (χ4n) is 3.66. The van der Waals surface area contributed by atoms with Gasteiger partial charge in [-0.05, 0) is 47.9 Å². The number of aryl methyl sites for hydroxylation is 1. The van der Waals surface area contributed by atoms with Crippen molar-refractivity contribution in [1.29, 1.82) is 0 Å². The average Bonchev–Trinajstić information content (AvgIpc) is 3.52. The molecule has 0 bridgehead atoms. The molecule has 0 aliphatic heterocycles. The topological polar surface area (TPSA) is 78.0 Å². The lowest BCUT2D eigenvalue weighted by Gasteiger charge is -2.10. The Labute approximate surface area is 191 Å². The number of hydrogen-bond donors (Lipinski definition) is 1. The molecule has 5 aromatic rings. The molecule has 2 aromatic heterocycles. The van der Waals surface area contributed by atoms with E-state index in [1.165, 1.54) is 11.1 Å². The number of ether oxygens (including phenoxy) is 1. The van der Waals surface area contributed by atoms with Gasteiger partial charge in [0.1, 0.15) is 5.75 Å². The molecule has 0 saturated carbocycles. The first-order valence-corrected chi connectivity index (χ1v) is 10.6. The second kappa shape index (κ2) is 9.00. The zero-order valence-corrected chi connectivity index (χ0v) is 18.4. The van der Waals surface area contributed by atoms with E-state index in [-0.39, 0.29) is 0 Å². The maximum atomic E-state index is 5.85. The number of hydrogen-bond acceptors (Lipinski definition) is 6. The van der Waals surface area contributed by atoms with Crippen LogP contribution in [-0.2, 0) is 6.54 Å². The summed E-state index contributed by atoms with van der Waals surface area (Å²) in [4.78, 5) is 4.28. The molecule has 164 valence electrons. The van der Waals surface area contributed by atoms with Crippen molar-refractivity contribution in [1.82, 2.24) is 19.7 Å². The van der Waals surface area contributed by atoms with Crippen molar-refractivity contribution in [2.75, 3.05) is 12.4 Å². The molecule has 5 rings (SSSR count). The van der Waals surface area contributed by atoms with Gasteiger partial charge in [0.2, 0.25) is 5.89 Å². The molecule has 0 saturated heterocycles. The molecule has 0 atom stereocenters. The van der Waals surface area contributed by atoms with Gasteiger partial charge in [-0.3, -0.25) is 0 Å². The summed E-state index contributed by atoms with van der Waals surface area (Å²) in [6.07, 6.45) is 3.70. The van der Waals surface area contributed by atoms with Gasteiger partial charge in [0.05, 0.1) is 24.8 Å². The van der Waals surface area contributed by atoms with Gasteiger partial charge in [0, 0.05) is 18.3 Å².